The second-order valence-corrected chi connectivity index (χ2v) is 7.62. The monoisotopic (exact) mass is 404 g/mol. The number of hydrogen-bond acceptors (Lipinski definition) is 3. The van der Waals surface area contributed by atoms with Gasteiger partial charge in [0.25, 0.3) is 11.8 Å². The van der Waals surface area contributed by atoms with Crippen LogP contribution in [0.5, 0.6) is 0 Å². The van der Waals surface area contributed by atoms with Crippen LogP contribution in [-0.2, 0) is 0 Å². The number of pyridine rings is 1. The van der Waals surface area contributed by atoms with Gasteiger partial charge in [-0.25, -0.2) is 4.98 Å². The van der Waals surface area contributed by atoms with Gasteiger partial charge in [-0.1, -0.05) is 73.3 Å². The van der Waals surface area contributed by atoms with Crippen LogP contribution in [0.1, 0.15) is 44.8 Å². The Kier molecular flexibility index (Phi) is 4.48. The first-order chi connectivity index (χ1) is 15.1. The summed E-state index contributed by atoms with van der Waals surface area (Å²) in [6, 6.07) is 24.3. The SMILES string of the molecule is C=Cc1cccc2cc(C(C)N3C(=O)c4ccccc4C3=O)c(-c3ccccc3)nc12. The summed E-state index contributed by atoms with van der Waals surface area (Å²) in [6.07, 6.45) is 1.79. The molecule has 2 heterocycles. The molecule has 1 atom stereocenters. The first-order valence-electron chi connectivity index (χ1n) is 10.2. The molecule has 4 heteroatoms. The summed E-state index contributed by atoms with van der Waals surface area (Å²) in [4.78, 5) is 32.5. The van der Waals surface area contributed by atoms with Crippen molar-refractivity contribution in [3.8, 4) is 11.3 Å². The number of nitrogens with zero attached hydrogens (tertiary/aromatic N) is 2. The molecule has 1 aliphatic rings. The van der Waals surface area contributed by atoms with Gasteiger partial charge in [-0.05, 0) is 25.1 Å². The van der Waals surface area contributed by atoms with Crippen molar-refractivity contribution < 1.29 is 9.59 Å². The summed E-state index contributed by atoms with van der Waals surface area (Å²) in [7, 11) is 0. The third kappa shape index (κ3) is 2.96. The van der Waals surface area contributed by atoms with E-state index in [0.29, 0.717) is 11.1 Å². The molecule has 1 unspecified atom stereocenters. The molecular formula is C27H20N2O2. The Morgan fingerprint density at radius 1 is 0.871 bits per heavy atom. The van der Waals surface area contributed by atoms with E-state index in [4.69, 9.17) is 4.98 Å². The molecule has 3 aromatic carbocycles. The minimum Gasteiger partial charge on any atom is -0.269 e. The fraction of sp³-hybridized carbons (Fsp3) is 0.0741. The van der Waals surface area contributed by atoms with E-state index in [2.05, 4.69) is 6.58 Å². The van der Waals surface area contributed by atoms with Crippen molar-refractivity contribution in [1.82, 2.24) is 9.88 Å². The van der Waals surface area contributed by atoms with E-state index in [1.807, 2.05) is 61.5 Å². The number of hydrogen-bond donors (Lipinski definition) is 0. The van der Waals surface area contributed by atoms with Crippen molar-refractivity contribution >= 4 is 28.8 Å². The average molecular weight is 404 g/mol. The Hall–Kier alpha value is -4.05. The molecule has 0 fully saturated rings. The van der Waals surface area contributed by atoms with E-state index in [0.717, 1.165) is 33.3 Å². The smallest absolute Gasteiger partial charge is 0.262 e. The van der Waals surface area contributed by atoms with E-state index in [-0.39, 0.29) is 11.8 Å². The second-order valence-electron chi connectivity index (χ2n) is 7.62. The quantitative estimate of drug-likeness (QED) is 0.398. The van der Waals surface area contributed by atoms with Gasteiger partial charge < -0.3 is 0 Å². The summed E-state index contributed by atoms with van der Waals surface area (Å²) in [6.45, 7) is 5.79. The largest absolute Gasteiger partial charge is 0.269 e. The van der Waals surface area contributed by atoms with Crippen LogP contribution in [0.4, 0.5) is 0 Å². The minimum atomic E-state index is -0.480. The lowest BCUT2D eigenvalue weighted by atomic mass is 9.96. The van der Waals surface area contributed by atoms with Gasteiger partial charge in [0.15, 0.2) is 0 Å². The lowest BCUT2D eigenvalue weighted by Crippen LogP contribution is -2.33. The van der Waals surface area contributed by atoms with Gasteiger partial charge in [-0.15, -0.1) is 0 Å². The van der Waals surface area contributed by atoms with E-state index in [1.54, 1.807) is 30.3 Å². The van der Waals surface area contributed by atoms with Crippen molar-refractivity contribution in [3.05, 3.63) is 108 Å². The standard InChI is InChI=1S/C27H20N2O2/c1-3-18-12-9-13-20-16-23(25(28-24(18)20)19-10-5-4-6-11-19)17(2)29-26(30)21-14-7-8-15-22(21)27(29)31/h3-17H,1H2,2H3. The molecule has 150 valence electrons. The Morgan fingerprint density at radius 3 is 2.16 bits per heavy atom. The Morgan fingerprint density at radius 2 is 1.52 bits per heavy atom. The predicted octanol–water partition coefficient (Wildman–Crippen LogP) is 5.90. The number of rotatable bonds is 4. The van der Waals surface area contributed by atoms with Crippen LogP contribution in [0.2, 0.25) is 0 Å². The van der Waals surface area contributed by atoms with Gasteiger partial charge in [-0.2, -0.15) is 0 Å². The topological polar surface area (TPSA) is 50.3 Å². The van der Waals surface area contributed by atoms with Crippen LogP contribution in [0, 0.1) is 0 Å². The number of amides is 2. The third-order valence-electron chi connectivity index (χ3n) is 5.84. The van der Waals surface area contributed by atoms with E-state index in [1.165, 1.54) is 4.90 Å². The van der Waals surface area contributed by atoms with Gasteiger partial charge in [0.1, 0.15) is 0 Å². The highest BCUT2D eigenvalue weighted by Crippen LogP contribution is 2.37. The zero-order chi connectivity index (χ0) is 21.5. The third-order valence-corrected chi connectivity index (χ3v) is 5.84. The zero-order valence-electron chi connectivity index (χ0n) is 17.1. The normalized spacial score (nSPS) is 14.0. The van der Waals surface area contributed by atoms with Gasteiger partial charge in [-0.3, -0.25) is 14.5 Å². The number of aromatic nitrogens is 1. The molecule has 0 aliphatic carbocycles. The Labute approximate surface area is 180 Å². The fourth-order valence-corrected chi connectivity index (χ4v) is 4.25. The van der Waals surface area contributed by atoms with Crippen LogP contribution in [0.15, 0.2) is 85.4 Å². The minimum absolute atomic E-state index is 0.271. The summed E-state index contributed by atoms with van der Waals surface area (Å²) < 4.78 is 0. The molecule has 0 N–H and O–H groups in total. The molecule has 2 amide bonds. The molecule has 0 radical (unpaired) electrons. The van der Waals surface area contributed by atoms with E-state index >= 15 is 0 Å². The number of benzene rings is 3. The average Bonchev–Trinajstić information content (AvgIpc) is 3.08. The van der Waals surface area contributed by atoms with Crippen LogP contribution in [-0.4, -0.2) is 21.7 Å². The van der Waals surface area contributed by atoms with Crippen molar-refractivity contribution in [2.45, 2.75) is 13.0 Å². The molecular weight excluding hydrogens is 384 g/mol. The van der Waals surface area contributed by atoms with Gasteiger partial charge in [0.05, 0.1) is 28.4 Å². The Balaban J connectivity index is 1.72. The first kappa shape index (κ1) is 18.9. The number of carbonyl (C=O) groups excluding carboxylic acids is 2. The maximum atomic E-state index is 13.1. The van der Waals surface area contributed by atoms with Crippen LogP contribution < -0.4 is 0 Å². The first-order valence-corrected chi connectivity index (χ1v) is 10.2. The van der Waals surface area contributed by atoms with E-state index < -0.39 is 6.04 Å². The summed E-state index contributed by atoms with van der Waals surface area (Å²) >= 11 is 0. The summed E-state index contributed by atoms with van der Waals surface area (Å²) in [5, 5.41) is 0.940. The molecule has 31 heavy (non-hydrogen) atoms. The highest BCUT2D eigenvalue weighted by molar-refractivity contribution is 6.21. The highest BCUT2D eigenvalue weighted by Gasteiger charge is 2.39. The van der Waals surface area contributed by atoms with Crippen molar-refractivity contribution in [3.63, 3.8) is 0 Å². The zero-order valence-corrected chi connectivity index (χ0v) is 17.1. The highest BCUT2D eigenvalue weighted by atomic mass is 16.2. The van der Waals surface area contributed by atoms with Crippen LogP contribution in [0.25, 0.3) is 28.2 Å². The maximum absolute atomic E-state index is 13.1. The predicted molar refractivity (Wildman–Crippen MR) is 123 cm³/mol. The fourth-order valence-electron chi connectivity index (χ4n) is 4.25. The maximum Gasteiger partial charge on any atom is 0.262 e. The molecule has 1 aromatic heterocycles. The van der Waals surface area contributed by atoms with Crippen molar-refractivity contribution in [2.24, 2.45) is 0 Å². The Bertz CT molecular complexity index is 1320. The molecule has 4 nitrogen and oxygen atoms in total. The van der Waals surface area contributed by atoms with E-state index in [9.17, 15) is 9.59 Å². The molecule has 0 saturated heterocycles. The summed E-state index contributed by atoms with van der Waals surface area (Å²) in [5.74, 6) is -0.542. The number of para-hydroxylation sites is 1. The second kappa shape index (κ2) is 7.33. The van der Waals surface area contributed by atoms with Crippen molar-refractivity contribution in [1.29, 1.82) is 0 Å². The van der Waals surface area contributed by atoms with Crippen molar-refractivity contribution in [2.75, 3.05) is 0 Å². The lowest BCUT2D eigenvalue weighted by molar-refractivity contribution is 0.0595. The van der Waals surface area contributed by atoms with Crippen LogP contribution >= 0.6 is 0 Å². The summed E-state index contributed by atoms with van der Waals surface area (Å²) in [5.41, 5.74) is 5.19. The molecule has 5 rings (SSSR count). The van der Waals surface area contributed by atoms with Crippen LogP contribution in [0.3, 0.4) is 0 Å². The molecule has 4 aromatic rings. The lowest BCUT2D eigenvalue weighted by Gasteiger charge is -2.25. The molecule has 0 bridgehead atoms. The number of imide groups is 1. The molecule has 0 spiro atoms. The van der Waals surface area contributed by atoms with Gasteiger partial charge >= 0.3 is 0 Å². The molecule has 1 aliphatic heterocycles. The number of carbonyl (C=O) groups is 2. The number of fused-ring (bicyclic) bond motifs is 2. The van der Waals surface area contributed by atoms with Gasteiger partial charge in [0.2, 0.25) is 0 Å². The molecule has 0 saturated carbocycles. The van der Waals surface area contributed by atoms with Gasteiger partial charge in [0, 0.05) is 22.1 Å².